The zero-order chi connectivity index (χ0) is 21.3. The number of aromatic nitrogens is 1. The van der Waals surface area contributed by atoms with E-state index in [4.69, 9.17) is 4.52 Å². The molecule has 1 aliphatic heterocycles. The molecule has 30 heavy (non-hydrogen) atoms. The van der Waals surface area contributed by atoms with E-state index in [-0.39, 0.29) is 11.7 Å². The van der Waals surface area contributed by atoms with Crippen molar-refractivity contribution in [3.05, 3.63) is 53.2 Å². The number of carbonyl (C=O) groups is 1. The fraction of sp³-hybridized carbons (Fsp3) is 0.476. The van der Waals surface area contributed by atoms with E-state index in [1.807, 2.05) is 13.0 Å². The van der Waals surface area contributed by atoms with Crippen molar-refractivity contribution in [2.45, 2.75) is 20.4 Å². The topological polar surface area (TPSA) is 86.0 Å². The van der Waals surface area contributed by atoms with Gasteiger partial charge in [0.25, 0.3) is 5.91 Å². The molecule has 0 unspecified atom stereocenters. The van der Waals surface area contributed by atoms with Gasteiger partial charge in [-0.25, -0.2) is 4.39 Å². The summed E-state index contributed by atoms with van der Waals surface area (Å²) >= 11 is 0. The van der Waals surface area contributed by atoms with Gasteiger partial charge in [0.2, 0.25) is 0 Å². The zero-order valence-electron chi connectivity index (χ0n) is 17.5. The average Bonchev–Trinajstić information content (AvgIpc) is 3.26. The van der Waals surface area contributed by atoms with Crippen LogP contribution in [0.3, 0.4) is 0 Å². The number of hydrogen-bond acceptors (Lipinski definition) is 5. The van der Waals surface area contributed by atoms with Crippen molar-refractivity contribution < 1.29 is 13.7 Å². The van der Waals surface area contributed by atoms with Gasteiger partial charge in [-0.15, -0.1) is 0 Å². The van der Waals surface area contributed by atoms with Crippen LogP contribution in [0.25, 0.3) is 0 Å². The molecule has 2 aromatic rings. The van der Waals surface area contributed by atoms with E-state index in [0.717, 1.165) is 50.9 Å². The molecule has 2 heterocycles. The first kappa shape index (κ1) is 21.8. The first-order valence-electron chi connectivity index (χ1n) is 10.3. The summed E-state index contributed by atoms with van der Waals surface area (Å²) in [4.78, 5) is 21.4. The normalized spacial score (nSPS) is 15.3. The van der Waals surface area contributed by atoms with Gasteiger partial charge in [-0.3, -0.25) is 14.7 Å². The van der Waals surface area contributed by atoms with Crippen LogP contribution >= 0.6 is 0 Å². The highest BCUT2D eigenvalue weighted by Crippen LogP contribution is 2.09. The number of piperazine rings is 1. The van der Waals surface area contributed by atoms with Gasteiger partial charge < -0.3 is 20.1 Å². The molecule has 0 radical (unpaired) electrons. The highest BCUT2D eigenvalue weighted by atomic mass is 19.1. The lowest BCUT2D eigenvalue weighted by atomic mass is 10.1. The maximum atomic E-state index is 13.6. The van der Waals surface area contributed by atoms with Gasteiger partial charge in [0.05, 0.1) is 12.2 Å². The van der Waals surface area contributed by atoms with Gasteiger partial charge in [0, 0.05) is 57.4 Å². The Morgan fingerprint density at radius 1 is 1.23 bits per heavy atom. The first-order valence-corrected chi connectivity index (χ1v) is 10.3. The number of hydrogen-bond donors (Lipinski definition) is 2. The van der Waals surface area contributed by atoms with Crippen molar-refractivity contribution in [2.24, 2.45) is 4.99 Å². The maximum Gasteiger partial charge on any atom is 0.251 e. The lowest BCUT2D eigenvalue weighted by Crippen LogP contribution is -2.52. The van der Waals surface area contributed by atoms with Gasteiger partial charge >= 0.3 is 0 Å². The van der Waals surface area contributed by atoms with Gasteiger partial charge in [-0.1, -0.05) is 11.2 Å². The van der Waals surface area contributed by atoms with Crippen LogP contribution in [-0.4, -0.2) is 72.6 Å². The molecule has 8 nitrogen and oxygen atoms in total. The second kappa shape index (κ2) is 10.7. The van der Waals surface area contributed by atoms with Crippen LogP contribution in [0.2, 0.25) is 0 Å². The second-order valence-electron chi connectivity index (χ2n) is 7.21. The van der Waals surface area contributed by atoms with Crippen molar-refractivity contribution in [1.29, 1.82) is 0 Å². The van der Waals surface area contributed by atoms with Gasteiger partial charge in [0.1, 0.15) is 12.1 Å². The predicted molar refractivity (Wildman–Crippen MR) is 113 cm³/mol. The molecule has 1 aromatic heterocycles. The van der Waals surface area contributed by atoms with E-state index in [1.165, 1.54) is 6.07 Å². The number of amides is 1. The van der Waals surface area contributed by atoms with Crippen LogP contribution in [-0.2, 0) is 6.54 Å². The third-order valence-electron chi connectivity index (χ3n) is 4.98. The van der Waals surface area contributed by atoms with Crippen molar-refractivity contribution in [3.8, 4) is 0 Å². The van der Waals surface area contributed by atoms with Gasteiger partial charge in [0.15, 0.2) is 5.96 Å². The summed E-state index contributed by atoms with van der Waals surface area (Å²) in [6.07, 6.45) is 1.59. The average molecular weight is 417 g/mol. The first-order chi connectivity index (χ1) is 14.6. The minimum atomic E-state index is -0.377. The highest BCUT2D eigenvalue weighted by Gasteiger charge is 2.20. The van der Waals surface area contributed by atoms with E-state index < -0.39 is 0 Å². The summed E-state index contributed by atoms with van der Waals surface area (Å²) in [5, 5.41) is 10.1. The highest BCUT2D eigenvalue weighted by molar-refractivity contribution is 5.94. The fourth-order valence-corrected chi connectivity index (χ4v) is 3.26. The van der Waals surface area contributed by atoms with Crippen molar-refractivity contribution in [3.63, 3.8) is 0 Å². The number of aliphatic imine (C=N–C) groups is 1. The monoisotopic (exact) mass is 416 g/mol. The molecule has 0 aliphatic carbocycles. The fourth-order valence-electron chi connectivity index (χ4n) is 3.26. The van der Waals surface area contributed by atoms with E-state index in [1.54, 1.807) is 25.3 Å². The van der Waals surface area contributed by atoms with Crippen molar-refractivity contribution in [1.82, 2.24) is 25.6 Å². The van der Waals surface area contributed by atoms with E-state index >= 15 is 0 Å². The summed E-state index contributed by atoms with van der Waals surface area (Å²) in [6, 6.07) is 6.38. The minimum absolute atomic E-state index is 0.296. The predicted octanol–water partition coefficient (Wildman–Crippen LogP) is 1.64. The third kappa shape index (κ3) is 6.03. The molecular formula is C21H29FN6O2. The number of aryl methyl sites for hydroxylation is 1. The molecule has 0 atom stereocenters. The molecule has 1 fully saturated rings. The summed E-state index contributed by atoms with van der Waals surface area (Å²) in [5.41, 5.74) is 1.78. The number of guanidine groups is 1. The Kier molecular flexibility index (Phi) is 7.78. The number of nitrogens with zero attached hydrogens (tertiary/aromatic N) is 4. The Balaban J connectivity index is 1.46. The number of nitrogens with one attached hydrogen (secondary N) is 2. The number of carbonyl (C=O) groups excluding carboxylic acids is 1. The van der Waals surface area contributed by atoms with Crippen molar-refractivity contribution >= 4 is 11.9 Å². The Hall–Kier alpha value is -2.94. The molecule has 0 spiro atoms. The van der Waals surface area contributed by atoms with Gasteiger partial charge in [-0.2, -0.15) is 0 Å². The Morgan fingerprint density at radius 2 is 2.03 bits per heavy atom. The quantitative estimate of drug-likeness (QED) is 0.405. The Bertz CT molecular complexity index is 847. The Morgan fingerprint density at radius 3 is 2.70 bits per heavy atom. The summed E-state index contributed by atoms with van der Waals surface area (Å²) in [6.45, 7) is 9.62. The molecule has 1 aliphatic rings. The maximum absolute atomic E-state index is 13.6. The SMILES string of the molecule is CCNC(=NCCNC(=O)c1ccc(C)c(F)c1)N1CCN(Cc2ccon2)CC1. The molecule has 1 amide bonds. The van der Waals surface area contributed by atoms with Crippen LogP contribution in [0.4, 0.5) is 4.39 Å². The number of halogens is 1. The summed E-state index contributed by atoms with van der Waals surface area (Å²) in [7, 11) is 0. The van der Waals surface area contributed by atoms with Crippen molar-refractivity contribution in [2.75, 3.05) is 45.8 Å². The molecule has 0 saturated carbocycles. The van der Waals surface area contributed by atoms with E-state index in [0.29, 0.717) is 24.2 Å². The Labute approximate surface area is 176 Å². The zero-order valence-corrected chi connectivity index (χ0v) is 17.5. The molecular weight excluding hydrogens is 387 g/mol. The number of benzene rings is 1. The smallest absolute Gasteiger partial charge is 0.251 e. The summed E-state index contributed by atoms with van der Waals surface area (Å²) in [5.74, 6) is 0.169. The van der Waals surface area contributed by atoms with Gasteiger partial charge in [-0.05, 0) is 31.5 Å². The summed E-state index contributed by atoms with van der Waals surface area (Å²) < 4.78 is 18.5. The molecule has 1 aromatic carbocycles. The largest absolute Gasteiger partial charge is 0.364 e. The van der Waals surface area contributed by atoms with Crippen LogP contribution in [0, 0.1) is 12.7 Å². The number of rotatable bonds is 7. The third-order valence-corrected chi connectivity index (χ3v) is 4.98. The van der Waals surface area contributed by atoms with Crippen LogP contribution in [0.15, 0.2) is 40.0 Å². The molecule has 3 rings (SSSR count). The standard InChI is InChI=1S/C21H29FN6O2/c1-3-23-21(28-11-9-27(10-12-28)15-18-6-13-30-26-18)25-8-7-24-20(29)17-5-4-16(2)19(22)14-17/h4-6,13-14H,3,7-12,15H2,1-2H3,(H,23,25)(H,24,29). The molecule has 2 N–H and O–H groups in total. The molecule has 162 valence electrons. The van der Waals surface area contributed by atoms with E-state index in [9.17, 15) is 9.18 Å². The molecule has 1 saturated heterocycles. The molecule has 9 heteroatoms. The van der Waals surface area contributed by atoms with E-state index in [2.05, 4.69) is 30.6 Å². The lowest BCUT2D eigenvalue weighted by Gasteiger charge is -2.36. The van der Waals surface area contributed by atoms with Crippen LogP contribution < -0.4 is 10.6 Å². The lowest BCUT2D eigenvalue weighted by molar-refractivity contribution is 0.0954. The second-order valence-corrected chi connectivity index (χ2v) is 7.21. The molecule has 0 bridgehead atoms. The van der Waals surface area contributed by atoms with Crippen LogP contribution in [0.5, 0.6) is 0 Å². The van der Waals surface area contributed by atoms with Crippen LogP contribution in [0.1, 0.15) is 28.5 Å². The minimum Gasteiger partial charge on any atom is -0.364 e.